The SMILES string of the molecule is CCCCCCCC(=O)OC[C@@H](COC(=O)CCCCCCCCCCCCCCCCCCCCC(C)C)OC(=O)CCCCCCCCCCCCCC(C)C. The Morgan fingerprint density at radius 2 is 0.569 bits per heavy atom. The summed E-state index contributed by atoms with van der Waals surface area (Å²) in [7, 11) is 0. The van der Waals surface area contributed by atoms with Crippen LogP contribution in [0.2, 0.25) is 0 Å². The molecule has 0 heterocycles. The molecule has 0 N–H and O–H groups in total. The lowest BCUT2D eigenvalue weighted by Crippen LogP contribution is -2.30. The molecule has 0 aromatic carbocycles. The lowest BCUT2D eigenvalue weighted by Gasteiger charge is -2.18. The maximum absolute atomic E-state index is 12.7. The fraction of sp³-hybridized carbons (Fsp3) is 0.942. The molecule has 58 heavy (non-hydrogen) atoms. The van der Waals surface area contributed by atoms with Gasteiger partial charge in [-0.3, -0.25) is 14.4 Å². The van der Waals surface area contributed by atoms with Crippen LogP contribution in [0.25, 0.3) is 0 Å². The van der Waals surface area contributed by atoms with Gasteiger partial charge in [0.25, 0.3) is 0 Å². The third kappa shape index (κ3) is 45.5. The fourth-order valence-corrected chi connectivity index (χ4v) is 7.81. The number of carbonyl (C=O) groups is 3. The van der Waals surface area contributed by atoms with E-state index < -0.39 is 6.10 Å². The van der Waals surface area contributed by atoms with E-state index in [-0.39, 0.29) is 31.1 Å². The van der Waals surface area contributed by atoms with E-state index in [0.29, 0.717) is 19.3 Å². The van der Waals surface area contributed by atoms with Gasteiger partial charge in [-0.15, -0.1) is 0 Å². The lowest BCUT2D eigenvalue weighted by molar-refractivity contribution is -0.167. The van der Waals surface area contributed by atoms with E-state index in [4.69, 9.17) is 14.2 Å². The number of carbonyl (C=O) groups excluding carboxylic acids is 3. The van der Waals surface area contributed by atoms with Crippen LogP contribution in [0.5, 0.6) is 0 Å². The number of hydrogen-bond donors (Lipinski definition) is 0. The molecule has 0 saturated heterocycles. The van der Waals surface area contributed by atoms with Gasteiger partial charge in [-0.25, -0.2) is 0 Å². The van der Waals surface area contributed by atoms with Crippen molar-refractivity contribution < 1.29 is 28.6 Å². The van der Waals surface area contributed by atoms with Crippen LogP contribution in [0.1, 0.15) is 285 Å². The zero-order chi connectivity index (χ0) is 42.6. The first-order chi connectivity index (χ1) is 28.2. The number of esters is 3. The van der Waals surface area contributed by atoms with Gasteiger partial charge in [-0.05, 0) is 31.1 Å². The lowest BCUT2D eigenvalue weighted by atomic mass is 10.0. The molecule has 1 atom stereocenters. The van der Waals surface area contributed by atoms with E-state index in [1.54, 1.807) is 0 Å². The minimum absolute atomic E-state index is 0.0647. The van der Waals surface area contributed by atoms with Crippen LogP contribution in [0, 0.1) is 11.8 Å². The summed E-state index contributed by atoms with van der Waals surface area (Å²) >= 11 is 0. The molecular weight excluding hydrogens is 721 g/mol. The number of rotatable bonds is 46. The maximum Gasteiger partial charge on any atom is 0.306 e. The van der Waals surface area contributed by atoms with Gasteiger partial charge in [0.2, 0.25) is 0 Å². The Morgan fingerprint density at radius 1 is 0.328 bits per heavy atom. The summed E-state index contributed by atoms with van der Waals surface area (Å²) in [6.07, 6.45) is 45.6. The minimum atomic E-state index is -0.759. The van der Waals surface area contributed by atoms with Crippen LogP contribution in [0.3, 0.4) is 0 Å². The topological polar surface area (TPSA) is 78.9 Å². The van der Waals surface area contributed by atoms with Crippen molar-refractivity contribution in [1.82, 2.24) is 0 Å². The fourth-order valence-electron chi connectivity index (χ4n) is 7.81. The van der Waals surface area contributed by atoms with E-state index in [1.165, 1.54) is 167 Å². The highest BCUT2D eigenvalue weighted by atomic mass is 16.6. The molecule has 6 heteroatoms. The molecule has 0 aliphatic carbocycles. The predicted molar refractivity (Wildman–Crippen MR) is 247 cm³/mol. The smallest absolute Gasteiger partial charge is 0.306 e. The molecular formula is C52H100O6. The van der Waals surface area contributed by atoms with E-state index in [1.807, 2.05) is 0 Å². The highest BCUT2D eigenvalue weighted by Crippen LogP contribution is 2.17. The molecule has 0 bridgehead atoms. The van der Waals surface area contributed by atoms with Gasteiger partial charge in [0.1, 0.15) is 13.2 Å². The van der Waals surface area contributed by atoms with E-state index >= 15 is 0 Å². The number of unbranched alkanes of at least 4 members (excludes halogenated alkanes) is 31. The average Bonchev–Trinajstić information content (AvgIpc) is 3.19. The van der Waals surface area contributed by atoms with Gasteiger partial charge in [-0.2, -0.15) is 0 Å². The molecule has 0 unspecified atom stereocenters. The van der Waals surface area contributed by atoms with Crippen molar-refractivity contribution >= 4 is 17.9 Å². The normalized spacial score (nSPS) is 12.1. The van der Waals surface area contributed by atoms with Gasteiger partial charge >= 0.3 is 17.9 Å². The highest BCUT2D eigenvalue weighted by molar-refractivity contribution is 5.71. The maximum atomic E-state index is 12.7. The summed E-state index contributed by atoms with van der Waals surface area (Å²) in [6.45, 7) is 11.3. The van der Waals surface area contributed by atoms with Gasteiger partial charge in [-0.1, -0.05) is 247 Å². The van der Waals surface area contributed by atoms with Crippen molar-refractivity contribution in [2.24, 2.45) is 11.8 Å². The molecule has 0 aliphatic heterocycles. The number of ether oxygens (including phenoxy) is 3. The monoisotopic (exact) mass is 821 g/mol. The van der Waals surface area contributed by atoms with Crippen molar-refractivity contribution in [3.8, 4) is 0 Å². The first-order valence-electron chi connectivity index (χ1n) is 25.7. The van der Waals surface area contributed by atoms with Crippen molar-refractivity contribution in [2.75, 3.05) is 13.2 Å². The molecule has 0 rings (SSSR count). The van der Waals surface area contributed by atoms with Gasteiger partial charge < -0.3 is 14.2 Å². The van der Waals surface area contributed by atoms with Crippen molar-refractivity contribution in [2.45, 2.75) is 291 Å². The second kappa shape index (κ2) is 44.9. The Morgan fingerprint density at radius 3 is 0.845 bits per heavy atom. The largest absolute Gasteiger partial charge is 0.462 e. The van der Waals surface area contributed by atoms with Crippen LogP contribution in [0.4, 0.5) is 0 Å². The van der Waals surface area contributed by atoms with Crippen molar-refractivity contribution in [1.29, 1.82) is 0 Å². The van der Waals surface area contributed by atoms with Crippen molar-refractivity contribution in [3.63, 3.8) is 0 Å². The summed E-state index contributed by atoms with van der Waals surface area (Å²) in [5.74, 6) is 0.821. The molecule has 0 spiro atoms. The Labute approximate surface area is 361 Å². The summed E-state index contributed by atoms with van der Waals surface area (Å²) in [4.78, 5) is 37.6. The van der Waals surface area contributed by atoms with E-state index in [2.05, 4.69) is 34.6 Å². The molecule has 0 aliphatic rings. The van der Waals surface area contributed by atoms with Crippen LogP contribution in [-0.2, 0) is 28.6 Å². The van der Waals surface area contributed by atoms with Gasteiger partial charge in [0, 0.05) is 19.3 Å². The number of hydrogen-bond acceptors (Lipinski definition) is 6. The van der Waals surface area contributed by atoms with Crippen LogP contribution >= 0.6 is 0 Å². The third-order valence-electron chi connectivity index (χ3n) is 11.7. The average molecular weight is 821 g/mol. The van der Waals surface area contributed by atoms with Crippen molar-refractivity contribution in [3.05, 3.63) is 0 Å². The standard InChI is InChI=1S/C52H100O6/c1-6-7-8-30-37-42-50(53)56-45-49(58-52(55)44-39-34-29-25-21-17-19-23-27-32-36-41-48(4)5)46-57-51(54)43-38-33-28-24-20-16-14-12-10-9-11-13-15-18-22-26-31-35-40-47(2)3/h47-49H,6-46H2,1-5H3/t49-/m0/s1. The Hall–Kier alpha value is -1.59. The summed E-state index contributed by atoms with van der Waals surface area (Å²) in [5, 5.41) is 0. The second-order valence-electron chi connectivity index (χ2n) is 18.8. The quantitative estimate of drug-likeness (QED) is 0.0346. The third-order valence-corrected chi connectivity index (χ3v) is 11.7. The zero-order valence-corrected chi connectivity index (χ0v) is 39.7. The summed E-state index contributed by atoms with van der Waals surface area (Å²) in [5.41, 5.74) is 0. The molecule has 0 radical (unpaired) electrons. The molecule has 0 amide bonds. The molecule has 0 fully saturated rings. The predicted octanol–water partition coefficient (Wildman–Crippen LogP) is 16.5. The van der Waals surface area contributed by atoms with Crippen LogP contribution in [-0.4, -0.2) is 37.2 Å². The first kappa shape index (κ1) is 56.4. The minimum Gasteiger partial charge on any atom is -0.462 e. The highest BCUT2D eigenvalue weighted by Gasteiger charge is 2.19. The molecule has 0 aromatic rings. The summed E-state index contributed by atoms with van der Waals surface area (Å²) < 4.78 is 16.7. The second-order valence-corrected chi connectivity index (χ2v) is 18.8. The first-order valence-corrected chi connectivity index (χ1v) is 25.7. The molecule has 0 saturated carbocycles. The Balaban J connectivity index is 4.06. The molecule has 344 valence electrons. The van der Waals surface area contributed by atoms with Gasteiger partial charge in [0.15, 0.2) is 6.10 Å². The Kier molecular flexibility index (Phi) is 43.7. The van der Waals surface area contributed by atoms with Crippen LogP contribution in [0.15, 0.2) is 0 Å². The Bertz CT molecular complexity index is 885. The molecule has 0 aromatic heterocycles. The van der Waals surface area contributed by atoms with Gasteiger partial charge in [0.05, 0.1) is 0 Å². The summed E-state index contributed by atoms with van der Waals surface area (Å²) in [6, 6.07) is 0. The van der Waals surface area contributed by atoms with Crippen LogP contribution < -0.4 is 0 Å². The molecule has 6 nitrogen and oxygen atoms in total. The van der Waals surface area contributed by atoms with E-state index in [0.717, 1.165) is 76.0 Å². The zero-order valence-electron chi connectivity index (χ0n) is 39.7. The van der Waals surface area contributed by atoms with E-state index in [9.17, 15) is 14.4 Å².